The van der Waals surface area contributed by atoms with Crippen molar-refractivity contribution in [3.8, 4) is 11.8 Å². The van der Waals surface area contributed by atoms with Gasteiger partial charge in [0.1, 0.15) is 6.61 Å². The van der Waals surface area contributed by atoms with E-state index >= 15 is 0 Å². The molecule has 1 N–H and O–H groups in total. The summed E-state index contributed by atoms with van der Waals surface area (Å²) in [6.45, 7) is 0.706. The van der Waals surface area contributed by atoms with Gasteiger partial charge in [0.2, 0.25) is 0 Å². The Morgan fingerprint density at radius 1 is 1.56 bits per heavy atom. The summed E-state index contributed by atoms with van der Waals surface area (Å²) in [6, 6.07) is 3.64. The topological polar surface area (TPSA) is 40.5 Å². The second kappa shape index (κ2) is 6.03. The third-order valence-corrected chi connectivity index (χ3v) is 4.20. The van der Waals surface area contributed by atoms with Gasteiger partial charge in [-0.15, -0.1) is 11.3 Å². The molecule has 1 amide bonds. The van der Waals surface area contributed by atoms with Crippen molar-refractivity contribution in [2.75, 3.05) is 20.2 Å². The van der Waals surface area contributed by atoms with E-state index in [1.54, 1.807) is 4.90 Å². The zero-order valence-electron chi connectivity index (χ0n) is 10.5. The smallest absolute Gasteiger partial charge is 0.263 e. The van der Waals surface area contributed by atoms with Crippen LogP contribution in [-0.4, -0.2) is 36.1 Å². The molecule has 18 heavy (non-hydrogen) atoms. The van der Waals surface area contributed by atoms with Gasteiger partial charge in [0.25, 0.3) is 5.91 Å². The summed E-state index contributed by atoms with van der Waals surface area (Å²) in [5.41, 5.74) is 0. The van der Waals surface area contributed by atoms with E-state index in [1.807, 2.05) is 19.2 Å². The number of amides is 1. The van der Waals surface area contributed by atoms with Crippen LogP contribution < -0.4 is 0 Å². The molecule has 1 aromatic rings. The van der Waals surface area contributed by atoms with Crippen LogP contribution in [0.15, 0.2) is 12.1 Å². The summed E-state index contributed by atoms with van der Waals surface area (Å²) in [4.78, 5) is 15.5. The predicted octanol–water partition coefficient (Wildman–Crippen LogP) is 1.96. The van der Waals surface area contributed by atoms with Crippen LogP contribution in [0.2, 0.25) is 0 Å². The first-order chi connectivity index (χ1) is 8.70. The summed E-state index contributed by atoms with van der Waals surface area (Å²) >= 11 is 1.39. The van der Waals surface area contributed by atoms with Crippen LogP contribution in [0.1, 0.15) is 33.8 Å². The molecule has 1 aliphatic rings. The Kier molecular flexibility index (Phi) is 4.40. The van der Waals surface area contributed by atoms with Crippen molar-refractivity contribution in [3.05, 3.63) is 21.9 Å². The second-order valence-corrected chi connectivity index (χ2v) is 5.69. The summed E-state index contributed by atoms with van der Waals surface area (Å²) in [7, 11) is 1.86. The normalized spacial score (nSPS) is 14.6. The van der Waals surface area contributed by atoms with E-state index in [4.69, 9.17) is 5.11 Å². The summed E-state index contributed by atoms with van der Waals surface area (Å²) in [5.74, 6) is 6.17. The number of thiophene rings is 1. The maximum Gasteiger partial charge on any atom is 0.263 e. The van der Waals surface area contributed by atoms with Crippen LogP contribution in [-0.2, 0) is 0 Å². The number of carbonyl (C=O) groups excluding carboxylic acids is 1. The molecule has 3 nitrogen and oxygen atoms in total. The predicted molar refractivity (Wildman–Crippen MR) is 72.6 cm³/mol. The number of aliphatic hydroxyl groups is 1. The lowest BCUT2D eigenvalue weighted by molar-refractivity contribution is 0.0750. The van der Waals surface area contributed by atoms with Gasteiger partial charge in [0.05, 0.1) is 9.75 Å². The fraction of sp³-hybridized carbons (Fsp3) is 0.500. The molecule has 4 heteroatoms. The van der Waals surface area contributed by atoms with Crippen molar-refractivity contribution in [1.82, 2.24) is 4.90 Å². The lowest BCUT2D eigenvalue weighted by Gasteiger charge is -2.29. The van der Waals surface area contributed by atoms with Crippen molar-refractivity contribution in [2.24, 2.45) is 5.92 Å². The van der Waals surface area contributed by atoms with Crippen molar-refractivity contribution in [2.45, 2.75) is 19.3 Å². The van der Waals surface area contributed by atoms with E-state index in [0.717, 1.165) is 16.3 Å². The fourth-order valence-corrected chi connectivity index (χ4v) is 2.86. The standard InChI is InChI=1S/C14H17NO2S/c1-15(10-11-4-2-5-11)14(17)13-8-7-12(18-13)6-3-9-16/h7-8,11,16H,2,4-5,9-10H2,1H3. The lowest BCUT2D eigenvalue weighted by Crippen LogP contribution is -2.33. The fourth-order valence-electron chi connectivity index (χ4n) is 1.98. The highest BCUT2D eigenvalue weighted by molar-refractivity contribution is 7.14. The second-order valence-electron chi connectivity index (χ2n) is 4.61. The largest absolute Gasteiger partial charge is 0.384 e. The van der Waals surface area contributed by atoms with Gasteiger partial charge in [-0.25, -0.2) is 0 Å². The van der Waals surface area contributed by atoms with Gasteiger partial charge in [-0.05, 0) is 30.9 Å². The highest BCUT2D eigenvalue weighted by Crippen LogP contribution is 2.27. The first-order valence-corrected chi connectivity index (χ1v) is 6.97. The first-order valence-electron chi connectivity index (χ1n) is 6.15. The van der Waals surface area contributed by atoms with Crippen LogP contribution in [0.5, 0.6) is 0 Å². The molecule has 1 saturated carbocycles. The number of carbonyl (C=O) groups is 1. The van der Waals surface area contributed by atoms with E-state index < -0.39 is 0 Å². The Bertz CT molecular complexity index is 479. The zero-order chi connectivity index (χ0) is 13.0. The molecule has 96 valence electrons. The number of aliphatic hydroxyl groups excluding tert-OH is 1. The molecule has 0 unspecified atom stereocenters. The van der Waals surface area contributed by atoms with Gasteiger partial charge in [0, 0.05) is 13.6 Å². The van der Waals surface area contributed by atoms with E-state index in [9.17, 15) is 4.79 Å². The molecule has 1 fully saturated rings. The van der Waals surface area contributed by atoms with Crippen molar-refractivity contribution >= 4 is 17.2 Å². The van der Waals surface area contributed by atoms with Crippen LogP contribution in [0.3, 0.4) is 0 Å². The highest BCUT2D eigenvalue weighted by atomic mass is 32.1. The molecule has 0 bridgehead atoms. The molecule has 0 saturated heterocycles. The Hall–Kier alpha value is -1.31. The van der Waals surface area contributed by atoms with E-state index in [0.29, 0.717) is 5.92 Å². The average molecular weight is 263 g/mol. The Morgan fingerprint density at radius 3 is 2.94 bits per heavy atom. The minimum atomic E-state index is -0.150. The minimum Gasteiger partial charge on any atom is -0.384 e. The molecule has 2 rings (SSSR count). The molecule has 1 heterocycles. The van der Waals surface area contributed by atoms with Crippen molar-refractivity contribution in [3.63, 3.8) is 0 Å². The molecular weight excluding hydrogens is 246 g/mol. The first kappa shape index (κ1) is 13.1. The number of hydrogen-bond acceptors (Lipinski definition) is 3. The maximum absolute atomic E-state index is 12.1. The van der Waals surface area contributed by atoms with Crippen LogP contribution in [0.4, 0.5) is 0 Å². The van der Waals surface area contributed by atoms with Gasteiger partial charge in [-0.2, -0.15) is 0 Å². The van der Waals surface area contributed by atoms with Crippen LogP contribution in [0.25, 0.3) is 0 Å². The van der Waals surface area contributed by atoms with Crippen molar-refractivity contribution < 1.29 is 9.90 Å². The Morgan fingerprint density at radius 2 is 2.33 bits per heavy atom. The SMILES string of the molecule is CN(CC1CCC1)C(=O)c1ccc(C#CCO)s1. The summed E-state index contributed by atoms with van der Waals surface area (Å²) < 4.78 is 0. The molecule has 0 atom stereocenters. The van der Waals surface area contributed by atoms with E-state index in [2.05, 4.69) is 11.8 Å². The quantitative estimate of drug-likeness (QED) is 0.847. The third-order valence-electron chi connectivity index (χ3n) is 3.21. The summed E-state index contributed by atoms with van der Waals surface area (Å²) in [6.07, 6.45) is 3.79. The molecule has 0 radical (unpaired) electrons. The van der Waals surface area contributed by atoms with Gasteiger partial charge >= 0.3 is 0 Å². The number of rotatable bonds is 3. The average Bonchev–Trinajstić information content (AvgIpc) is 2.78. The van der Waals surface area contributed by atoms with Gasteiger partial charge in [-0.3, -0.25) is 4.79 Å². The molecule has 0 spiro atoms. The highest BCUT2D eigenvalue weighted by Gasteiger charge is 2.22. The monoisotopic (exact) mass is 263 g/mol. The molecule has 0 aromatic carbocycles. The van der Waals surface area contributed by atoms with Gasteiger partial charge in [0.15, 0.2) is 0 Å². The molecule has 0 aliphatic heterocycles. The van der Waals surface area contributed by atoms with Crippen LogP contribution >= 0.6 is 11.3 Å². The Balaban J connectivity index is 1.96. The summed E-state index contributed by atoms with van der Waals surface area (Å²) in [5, 5.41) is 8.62. The molecule has 1 aliphatic carbocycles. The Labute approximate surface area is 111 Å². The molecule has 1 aromatic heterocycles. The lowest BCUT2D eigenvalue weighted by atomic mass is 9.85. The van der Waals surface area contributed by atoms with E-state index in [-0.39, 0.29) is 12.5 Å². The van der Waals surface area contributed by atoms with Gasteiger partial charge in [-0.1, -0.05) is 18.3 Å². The van der Waals surface area contributed by atoms with Crippen LogP contribution in [0, 0.1) is 17.8 Å². The number of nitrogens with zero attached hydrogens (tertiary/aromatic N) is 1. The van der Waals surface area contributed by atoms with Crippen molar-refractivity contribution in [1.29, 1.82) is 0 Å². The number of hydrogen-bond donors (Lipinski definition) is 1. The third kappa shape index (κ3) is 3.12. The molecular formula is C14H17NO2S. The van der Waals surface area contributed by atoms with Gasteiger partial charge < -0.3 is 10.0 Å². The minimum absolute atomic E-state index is 0.0731. The van der Waals surface area contributed by atoms with E-state index in [1.165, 1.54) is 30.6 Å². The zero-order valence-corrected chi connectivity index (χ0v) is 11.3. The maximum atomic E-state index is 12.1.